The predicted octanol–water partition coefficient (Wildman–Crippen LogP) is 6.35. The zero-order chi connectivity index (χ0) is 39.3. The molecule has 2 fully saturated rings. The quantitative estimate of drug-likeness (QED) is 0.0709. The lowest BCUT2D eigenvalue weighted by Crippen LogP contribution is -2.55. The summed E-state index contributed by atoms with van der Waals surface area (Å²) >= 11 is 7.86. The number of thiophene rings is 1. The van der Waals surface area contributed by atoms with Crippen molar-refractivity contribution in [2.75, 3.05) is 39.2 Å². The van der Waals surface area contributed by atoms with Gasteiger partial charge in [0.1, 0.15) is 18.1 Å². The van der Waals surface area contributed by atoms with Gasteiger partial charge in [0, 0.05) is 59.1 Å². The number of likely N-dealkylation sites (N-methyl/N-ethyl adjacent to an activating group) is 1. The number of aromatic hydroxyl groups is 1. The van der Waals surface area contributed by atoms with Gasteiger partial charge in [0.15, 0.2) is 0 Å². The molecule has 0 bridgehead atoms. The first-order valence-corrected chi connectivity index (χ1v) is 19.9. The minimum Gasteiger partial charge on any atom is -0.506 e. The Hall–Kier alpha value is -4.18. The first kappa shape index (κ1) is 40.5. The molecule has 15 heteroatoms. The van der Waals surface area contributed by atoms with Crippen LogP contribution in [-0.4, -0.2) is 82.3 Å². The smallest absolute Gasteiger partial charge is 0.411 e. The second kappa shape index (κ2) is 17.3. The number of carbonyl (C=O) groups excluding carboxylic acids is 1. The molecule has 2 heterocycles. The fourth-order valence-corrected chi connectivity index (χ4v) is 9.98. The van der Waals surface area contributed by atoms with Crippen LogP contribution in [0.3, 0.4) is 0 Å². The number of halogens is 1. The Kier molecular flexibility index (Phi) is 12.7. The van der Waals surface area contributed by atoms with Crippen molar-refractivity contribution in [3.05, 3.63) is 85.3 Å². The van der Waals surface area contributed by atoms with Crippen LogP contribution in [0.4, 0.5) is 10.5 Å². The van der Waals surface area contributed by atoms with E-state index in [9.17, 15) is 34.8 Å². The van der Waals surface area contributed by atoms with Crippen molar-refractivity contribution in [1.82, 2.24) is 15.2 Å². The second-order valence-corrected chi connectivity index (χ2v) is 16.0. The number of benzene rings is 2. The molecule has 1 amide bonds. The second-order valence-electron chi connectivity index (χ2n) is 14.7. The van der Waals surface area contributed by atoms with Crippen LogP contribution in [0.2, 0.25) is 5.02 Å². The highest BCUT2D eigenvalue weighted by Crippen LogP contribution is 2.60. The molecule has 0 aliphatic heterocycles. The average Bonchev–Trinajstić information content (AvgIpc) is 3.91. The summed E-state index contributed by atoms with van der Waals surface area (Å²) in [4.78, 5) is 42.5. The third-order valence-corrected chi connectivity index (χ3v) is 13.0. The van der Waals surface area contributed by atoms with E-state index in [1.54, 1.807) is 36.4 Å². The van der Waals surface area contributed by atoms with E-state index in [0.717, 1.165) is 38.5 Å². The molecular weight excluding hydrogens is 748 g/mol. The minimum absolute atomic E-state index is 0.0890. The highest BCUT2D eigenvalue weighted by atomic mass is 35.5. The summed E-state index contributed by atoms with van der Waals surface area (Å²) < 4.78 is 11.1. The Morgan fingerprint density at radius 3 is 2.55 bits per heavy atom. The summed E-state index contributed by atoms with van der Waals surface area (Å²) in [5.74, 6) is -0.690. The summed E-state index contributed by atoms with van der Waals surface area (Å²) in [6.07, 6.45) is 4.98. The van der Waals surface area contributed by atoms with Gasteiger partial charge in [0.05, 0.1) is 29.4 Å². The number of anilines is 1. The number of H-pyrrole nitrogens is 1. The van der Waals surface area contributed by atoms with Gasteiger partial charge in [-0.3, -0.25) is 10.1 Å². The maximum atomic E-state index is 12.8. The molecule has 2 aliphatic rings. The van der Waals surface area contributed by atoms with Gasteiger partial charge in [0.2, 0.25) is 11.2 Å². The Morgan fingerprint density at radius 2 is 1.87 bits per heavy atom. The van der Waals surface area contributed by atoms with Crippen molar-refractivity contribution in [3.63, 3.8) is 0 Å². The molecule has 2 atom stereocenters. The molecule has 0 unspecified atom stereocenters. The number of aliphatic hydroxyl groups is 2. The number of hydrogen-bond acceptors (Lipinski definition) is 11. The number of phenolic OH excluding ortho intramolecular Hbond substituents is 1. The van der Waals surface area contributed by atoms with Crippen LogP contribution >= 0.6 is 22.9 Å². The van der Waals surface area contributed by atoms with E-state index in [-0.39, 0.29) is 53.5 Å². The summed E-state index contributed by atoms with van der Waals surface area (Å²) in [6, 6.07) is 13.0. The largest absolute Gasteiger partial charge is 0.506 e. The molecule has 4 aromatic rings. The van der Waals surface area contributed by atoms with Gasteiger partial charge in [0.25, 0.3) is 0 Å². The highest BCUT2D eigenvalue weighted by molar-refractivity contribution is 7.10. The van der Waals surface area contributed by atoms with E-state index in [1.807, 2.05) is 12.4 Å². The van der Waals surface area contributed by atoms with Crippen molar-refractivity contribution < 1.29 is 39.5 Å². The standard InChI is InChI=1S/C40H49ClN4O9S/c1-45(26-9-7-25(8-10-26)39(15-3-4-16-39)40(52,37(49)50)34-6-5-19-55-34)17-18-54-38(51)43-30-21-33(53-2)24(20-29(30)41)22-42-23-32(47)27-11-13-31(46)36-28(27)12-14-35(48)44-36/h5-6,11-14,19-21,25-26,32,42,46-47,52H,3-4,7-10,15-18,22-23H2,1-2H3,(H,43,51)(H,44,48)(H,49,50)/t25?,26?,32-,40+/m0/s1. The number of carbonyl (C=O) groups is 2. The number of methoxy groups -OCH3 is 1. The Morgan fingerprint density at radius 1 is 1.13 bits per heavy atom. The predicted molar refractivity (Wildman–Crippen MR) is 211 cm³/mol. The van der Waals surface area contributed by atoms with Gasteiger partial charge in [-0.1, -0.05) is 36.6 Å². The molecule has 55 heavy (non-hydrogen) atoms. The molecule has 13 nitrogen and oxygen atoms in total. The summed E-state index contributed by atoms with van der Waals surface area (Å²) in [6.45, 7) is 1.08. The van der Waals surface area contributed by atoms with Crippen LogP contribution in [0, 0.1) is 11.3 Å². The maximum Gasteiger partial charge on any atom is 0.411 e. The summed E-state index contributed by atoms with van der Waals surface area (Å²) in [7, 11) is 3.50. The summed E-state index contributed by atoms with van der Waals surface area (Å²) in [5.41, 5.74) is -1.16. The van der Waals surface area contributed by atoms with Crippen LogP contribution in [0.15, 0.2) is 58.7 Å². The third-order valence-electron chi connectivity index (χ3n) is 11.7. The van der Waals surface area contributed by atoms with E-state index < -0.39 is 29.2 Å². The number of aromatic amines is 1. The van der Waals surface area contributed by atoms with Crippen molar-refractivity contribution in [1.29, 1.82) is 0 Å². The SMILES string of the molecule is COc1cc(NC(=O)OCCN(C)C2CCC(C3([C@](O)(C(=O)O)c4cccs4)CCCC3)CC2)c(Cl)cc1CNC[C@H](O)c1ccc(O)c2[nH]c(=O)ccc12. The van der Waals surface area contributed by atoms with E-state index in [4.69, 9.17) is 21.1 Å². The maximum absolute atomic E-state index is 12.8. The number of fused-ring (bicyclic) bond motifs is 1. The molecule has 0 saturated heterocycles. The molecule has 7 N–H and O–H groups in total. The number of carboxylic acids is 1. The van der Waals surface area contributed by atoms with Crippen LogP contribution < -0.4 is 20.9 Å². The van der Waals surface area contributed by atoms with E-state index in [2.05, 4.69) is 20.5 Å². The topological polar surface area (TPSA) is 194 Å². The van der Waals surface area contributed by atoms with Gasteiger partial charge < -0.3 is 45.1 Å². The number of rotatable bonds is 15. The van der Waals surface area contributed by atoms with Crippen molar-refractivity contribution in [2.24, 2.45) is 11.3 Å². The van der Waals surface area contributed by atoms with Crippen LogP contribution in [0.1, 0.15) is 73.5 Å². The number of aromatic nitrogens is 1. The number of phenols is 1. The van der Waals surface area contributed by atoms with Gasteiger partial charge in [-0.2, -0.15) is 0 Å². The van der Waals surface area contributed by atoms with Gasteiger partial charge in [-0.25, -0.2) is 9.59 Å². The van der Waals surface area contributed by atoms with Crippen molar-refractivity contribution >= 4 is 51.6 Å². The number of nitrogens with zero attached hydrogens (tertiary/aromatic N) is 1. The first-order valence-electron chi connectivity index (χ1n) is 18.6. The lowest BCUT2D eigenvalue weighted by atomic mass is 9.58. The van der Waals surface area contributed by atoms with Crippen LogP contribution in [0.5, 0.6) is 11.5 Å². The average molecular weight is 797 g/mol. The highest BCUT2D eigenvalue weighted by Gasteiger charge is 2.62. The molecule has 296 valence electrons. The zero-order valence-electron chi connectivity index (χ0n) is 31.0. The molecule has 0 radical (unpaired) electrons. The number of ether oxygens (including phenoxy) is 2. The molecule has 2 aromatic carbocycles. The monoisotopic (exact) mass is 796 g/mol. The number of nitrogens with one attached hydrogen (secondary N) is 3. The Bertz CT molecular complexity index is 2030. The van der Waals surface area contributed by atoms with E-state index in [1.165, 1.54) is 30.6 Å². The lowest BCUT2D eigenvalue weighted by Gasteiger charge is -2.50. The number of hydrogen-bond donors (Lipinski definition) is 7. The Balaban J connectivity index is 0.977. The fraction of sp³-hybridized carbons (Fsp3) is 0.475. The third kappa shape index (κ3) is 8.35. The van der Waals surface area contributed by atoms with Crippen LogP contribution in [-0.2, 0) is 21.7 Å². The summed E-state index contributed by atoms with van der Waals surface area (Å²) in [5, 5.41) is 51.8. The Labute approximate surface area is 328 Å². The van der Waals surface area contributed by atoms with Gasteiger partial charge in [-0.15, -0.1) is 11.3 Å². The molecule has 2 saturated carbocycles. The van der Waals surface area contributed by atoms with Gasteiger partial charge in [-0.05, 0) is 86.7 Å². The first-order chi connectivity index (χ1) is 26.4. The molecule has 0 spiro atoms. The number of amides is 1. The minimum atomic E-state index is -1.90. The van der Waals surface area contributed by atoms with Gasteiger partial charge >= 0.3 is 12.1 Å². The molecule has 2 aromatic heterocycles. The number of pyridine rings is 1. The van der Waals surface area contributed by atoms with Crippen molar-refractivity contribution in [3.8, 4) is 11.5 Å². The van der Waals surface area contributed by atoms with Crippen molar-refractivity contribution in [2.45, 2.75) is 75.7 Å². The molecular formula is C40H49ClN4O9S. The van der Waals surface area contributed by atoms with E-state index in [0.29, 0.717) is 52.2 Å². The number of carboxylic acid groups (broad SMARTS) is 1. The van der Waals surface area contributed by atoms with Crippen LogP contribution in [0.25, 0.3) is 10.9 Å². The normalized spacial score (nSPS) is 19.9. The molecule has 2 aliphatic carbocycles. The fourth-order valence-electron chi connectivity index (χ4n) is 8.82. The lowest BCUT2D eigenvalue weighted by molar-refractivity contribution is -0.187. The van der Waals surface area contributed by atoms with E-state index >= 15 is 0 Å². The number of aliphatic hydroxyl groups excluding tert-OH is 1. The number of aliphatic carboxylic acids is 1. The molecule has 6 rings (SSSR count). The zero-order valence-corrected chi connectivity index (χ0v) is 32.5.